The standard InChI is InChI=1S/C20H22N2O4S2/c1-27-19(10-13-6-4-3-5-7-13)18(25)22-16-14(12-26-9-8-15(16)23)11-20(22,28-2)17(24)21-19/h3-9,12,15-16,23H,10-11H2,1-2H3,(H,21,24). The van der Waals surface area contributed by atoms with Crippen molar-refractivity contribution in [1.82, 2.24) is 10.2 Å². The monoisotopic (exact) mass is 418 g/mol. The van der Waals surface area contributed by atoms with Crippen LogP contribution in [0.3, 0.4) is 0 Å². The number of nitrogens with zero attached hydrogens (tertiary/aromatic N) is 1. The van der Waals surface area contributed by atoms with Crippen molar-refractivity contribution in [1.29, 1.82) is 0 Å². The summed E-state index contributed by atoms with van der Waals surface area (Å²) in [4.78, 5) is 26.6. The van der Waals surface area contributed by atoms with E-state index in [1.165, 1.54) is 35.9 Å². The van der Waals surface area contributed by atoms with Gasteiger partial charge < -0.3 is 20.1 Å². The Labute approximate surface area is 172 Å². The summed E-state index contributed by atoms with van der Waals surface area (Å²) in [6.45, 7) is 0. The minimum atomic E-state index is -1.12. The van der Waals surface area contributed by atoms with Crippen molar-refractivity contribution >= 4 is 35.3 Å². The number of fused-ring (bicyclic) bond motifs is 3. The molecule has 0 spiro atoms. The molecule has 0 bridgehead atoms. The minimum absolute atomic E-state index is 0.194. The zero-order valence-corrected chi connectivity index (χ0v) is 17.3. The number of amides is 2. The molecule has 8 heteroatoms. The Kier molecular flexibility index (Phi) is 4.97. The number of hydrogen-bond acceptors (Lipinski definition) is 6. The molecule has 0 radical (unpaired) electrons. The number of carbonyl (C=O) groups is 2. The first-order valence-electron chi connectivity index (χ1n) is 8.97. The lowest BCUT2D eigenvalue weighted by atomic mass is 9.99. The van der Waals surface area contributed by atoms with Gasteiger partial charge in [-0.3, -0.25) is 9.59 Å². The first kappa shape index (κ1) is 19.4. The Hall–Kier alpha value is -1.90. The fraction of sp³-hybridized carbons (Fsp3) is 0.400. The number of ether oxygens (including phenoxy) is 1. The zero-order valence-electron chi connectivity index (χ0n) is 15.6. The number of piperazine rings is 1. The molecule has 2 fully saturated rings. The van der Waals surface area contributed by atoms with Crippen molar-refractivity contribution in [3.63, 3.8) is 0 Å². The lowest BCUT2D eigenvalue weighted by Gasteiger charge is -2.50. The number of thioether (sulfide) groups is 2. The molecule has 4 atom stereocenters. The predicted octanol–water partition coefficient (Wildman–Crippen LogP) is 1.87. The molecule has 6 nitrogen and oxygen atoms in total. The van der Waals surface area contributed by atoms with E-state index in [9.17, 15) is 14.7 Å². The van der Waals surface area contributed by atoms with E-state index in [0.717, 1.165) is 11.1 Å². The van der Waals surface area contributed by atoms with Crippen LogP contribution in [-0.4, -0.2) is 56.2 Å². The molecule has 0 aromatic heterocycles. The highest BCUT2D eigenvalue weighted by Crippen LogP contribution is 2.51. The van der Waals surface area contributed by atoms with Gasteiger partial charge in [0.25, 0.3) is 11.8 Å². The Morgan fingerprint density at radius 2 is 2.00 bits per heavy atom. The van der Waals surface area contributed by atoms with Crippen molar-refractivity contribution in [3.05, 3.63) is 60.1 Å². The Bertz CT molecular complexity index is 859. The molecule has 0 saturated carbocycles. The van der Waals surface area contributed by atoms with Crippen molar-refractivity contribution in [2.75, 3.05) is 12.5 Å². The zero-order chi connectivity index (χ0) is 19.9. The van der Waals surface area contributed by atoms with Gasteiger partial charge in [0.15, 0.2) is 9.74 Å². The van der Waals surface area contributed by atoms with Crippen LogP contribution in [-0.2, 0) is 20.7 Å². The number of carbonyl (C=O) groups excluding carboxylic acids is 2. The van der Waals surface area contributed by atoms with Gasteiger partial charge in [-0.25, -0.2) is 0 Å². The minimum Gasteiger partial charge on any atom is -0.473 e. The molecule has 2 N–H and O–H groups in total. The van der Waals surface area contributed by atoms with Crippen LogP contribution in [0, 0.1) is 0 Å². The largest absolute Gasteiger partial charge is 0.473 e. The summed E-state index contributed by atoms with van der Waals surface area (Å²) in [7, 11) is 0. The number of aliphatic hydroxyl groups excluding tert-OH is 1. The highest BCUT2D eigenvalue weighted by Gasteiger charge is 2.65. The van der Waals surface area contributed by atoms with Crippen molar-refractivity contribution in [3.8, 4) is 0 Å². The van der Waals surface area contributed by atoms with Crippen LogP contribution >= 0.6 is 23.5 Å². The van der Waals surface area contributed by atoms with E-state index in [1.54, 1.807) is 11.2 Å². The first-order chi connectivity index (χ1) is 13.5. The number of nitrogens with one attached hydrogen (secondary N) is 1. The average molecular weight is 419 g/mol. The predicted molar refractivity (Wildman–Crippen MR) is 110 cm³/mol. The van der Waals surface area contributed by atoms with Gasteiger partial charge in [-0.15, -0.1) is 23.5 Å². The van der Waals surface area contributed by atoms with Crippen LogP contribution in [0.1, 0.15) is 12.0 Å². The van der Waals surface area contributed by atoms with Gasteiger partial charge in [0.05, 0.1) is 24.7 Å². The molecule has 1 aromatic rings. The van der Waals surface area contributed by atoms with E-state index in [-0.39, 0.29) is 11.8 Å². The molecular weight excluding hydrogens is 396 g/mol. The molecule has 3 aliphatic rings. The number of rotatable bonds is 4. The third kappa shape index (κ3) is 2.77. The fourth-order valence-electron chi connectivity index (χ4n) is 4.18. The number of benzene rings is 1. The first-order valence-corrected chi connectivity index (χ1v) is 11.4. The second kappa shape index (κ2) is 7.17. The van der Waals surface area contributed by atoms with Crippen molar-refractivity contribution in [2.24, 2.45) is 0 Å². The normalized spacial score (nSPS) is 34.1. The van der Waals surface area contributed by atoms with Gasteiger partial charge in [-0.1, -0.05) is 30.3 Å². The molecule has 3 heterocycles. The second-order valence-corrected chi connectivity index (χ2v) is 9.27. The van der Waals surface area contributed by atoms with Gasteiger partial charge in [-0.05, 0) is 29.7 Å². The summed E-state index contributed by atoms with van der Waals surface area (Å²) in [6.07, 6.45) is 7.88. The third-order valence-electron chi connectivity index (χ3n) is 5.60. The number of aliphatic hydroxyl groups is 1. The highest BCUT2D eigenvalue weighted by molar-refractivity contribution is 8.01. The number of hydrogen-bond donors (Lipinski definition) is 2. The van der Waals surface area contributed by atoms with E-state index in [2.05, 4.69) is 5.32 Å². The van der Waals surface area contributed by atoms with E-state index < -0.39 is 21.9 Å². The van der Waals surface area contributed by atoms with E-state index >= 15 is 0 Å². The van der Waals surface area contributed by atoms with Crippen LogP contribution in [0.2, 0.25) is 0 Å². The molecule has 28 heavy (non-hydrogen) atoms. The quantitative estimate of drug-likeness (QED) is 0.777. The summed E-state index contributed by atoms with van der Waals surface area (Å²) < 4.78 is 5.33. The molecule has 4 rings (SSSR count). The highest BCUT2D eigenvalue weighted by atomic mass is 32.2. The maximum atomic E-state index is 13.9. The summed E-state index contributed by atoms with van der Waals surface area (Å²) >= 11 is 2.64. The van der Waals surface area contributed by atoms with Crippen LogP contribution in [0.4, 0.5) is 0 Å². The summed E-state index contributed by atoms with van der Waals surface area (Å²) in [5.41, 5.74) is 1.70. The Balaban J connectivity index is 1.80. The van der Waals surface area contributed by atoms with E-state index in [0.29, 0.717) is 12.8 Å². The molecular formula is C20H22N2O4S2. The molecule has 2 saturated heterocycles. The second-order valence-electron chi connectivity index (χ2n) is 7.08. The van der Waals surface area contributed by atoms with Crippen molar-refractivity contribution < 1.29 is 19.4 Å². The third-order valence-corrected chi connectivity index (χ3v) is 7.92. The van der Waals surface area contributed by atoms with Gasteiger partial charge in [-0.2, -0.15) is 0 Å². The average Bonchev–Trinajstić information content (AvgIpc) is 2.96. The molecule has 1 aromatic carbocycles. The van der Waals surface area contributed by atoms with Crippen molar-refractivity contribution in [2.45, 2.75) is 34.7 Å². The molecule has 2 amide bonds. The fourth-order valence-corrected chi connectivity index (χ4v) is 5.90. The van der Waals surface area contributed by atoms with Crippen LogP contribution in [0.5, 0.6) is 0 Å². The van der Waals surface area contributed by atoms with Gasteiger partial charge in [0.2, 0.25) is 0 Å². The molecule has 3 aliphatic heterocycles. The van der Waals surface area contributed by atoms with E-state index in [1.807, 2.05) is 42.8 Å². The molecule has 4 unspecified atom stereocenters. The van der Waals surface area contributed by atoms with Crippen LogP contribution in [0.25, 0.3) is 0 Å². The summed E-state index contributed by atoms with van der Waals surface area (Å²) in [6, 6.07) is 9.02. The Morgan fingerprint density at radius 3 is 2.68 bits per heavy atom. The SMILES string of the molecule is CSC1(Cc2ccccc2)NC(=O)C2(SC)CC3=COC=CC(O)C3N2C1=O. The van der Waals surface area contributed by atoms with Gasteiger partial charge in [0.1, 0.15) is 0 Å². The lowest BCUT2D eigenvalue weighted by molar-refractivity contribution is -0.153. The smallest absolute Gasteiger partial charge is 0.261 e. The summed E-state index contributed by atoms with van der Waals surface area (Å²) in [5.74, 6) is -0.407. The van der Waals surface area contributed by atoms with Crippen LogP contribution in [0.15, 0.2) is 54.5 Å². The lowest BCUT2D eigenvalue weighted by Crippen LogP contribution is -2.74. The summed E-state index contributed by atoms with van der Waals surface area (Å²) in [5, 5.41) is 13.7. The van der Waals surface area contributed by atoms with Gasteiger partial charge in [0, 0.05) is 12.8 Å². The Morgan fingerprint density at radius 1 is 1.25 bits per heavy atom. The molecule has 0 aliphatic carbocycles. The topological polar surface area (TPSA) is 78.9 Å². The van der Waals surface area contributed by atoms with Crippen LogP contribution < -0.4 is 5.32 Å². The molecule has 148 valence electrons. The maximum Gasteiger partial charge on any atom is 0.261 e. The van der Waals surface area contributed by atoms with E-state index in [4.69, 9.17) is 4.74 Å². The maximum absolute atomic E-state index is 13.9. The van der Waals surface area contributed by atoms with Gasteiger partial charge >= 0.3 is 0 Å².